The van der Waals surface area contributed by atoms with E-state index in [0.29, 0.717) is 0 Å². The van der Waals surface area contributed by atoms with Gasteiger partial charge in [0.2, 0.25) is 0 Å². The molecule has 2 aromatic rings. The first kappa shape index (κ1) is 15.3. The fraction of sp³-hybridized carbons (Fsp3) is 0.467. The normalized spacial score (nSPS) is 11.6. The Morgan fingerprint density at radius 1 is 1.30 bits per heavy atom. The topological polar surface area (TPSA) is 40.3 Å². The van der Waals surface area contributed by atoms with Crippen molar-refractivity contribution < 1.29 is 4.74 Å². The predicted molar refractivity (Wildman–Crippen MR) is 84.4 cm³/mol. The number of H-pyrrole nitrogens is 1. The third-order valence-electron chi connectivity index (χ3n) is 3.36. The highest BCUT2D eigenvalue weighted by atomic mass is 35.5. The minimum Gasteiger partial charge on any atom is -0.383 e. The molecule has 0 radical (unpaired) electrons. The summed E-state index contributed by atoms with van der Waals surface area (Å²) < 4.78 is 5.05. The van der Waals surface area contributed by atoms with Gasteiger partial charge in [-0.25, -0.2) is 0 Å². The Bertz CT molecular complexity index is 541. The Morgan fingerprint density at radius 3 is 2.85 bits per heavy atom. The minimum atomic E-state index is 0.756. The maximum absolute atomic E-state index is 6.37. The van der Waals surface area contributed by atoms with E-state index in [1.807, 2.05) is 24.3 Å². The van der Waals surface area contributed by atoms with Crippen molar-refractivity contribution in [1.29, 1.82) is 0 Å². The highest BCUT2D eigenvalue weighted by Crippen LogP contribution is 2.26. The molecule has 0 aliphatic rings. The van der Waals surface area contributed by atoms with Crippen LogP contribution in [-0.2, 0) is 11.3 Å². The Hall–Kier alpha value is -1.07. The van der Waals surface area contributed by atoms with Gasteiger partial charge < -0.3 is 19.9 Å². The van der Waals surface area contributed by atoms with E-state index in [4.69, 9.17) is 16.3 Å². The molecule has 2 rings (SSSR count). The highest BCUT2D eigenvalue weighted by molar-refractivity contribution is 6.36. The van der Waals surface area contributed by atoms with Crippen LogP contribution in [0.5, 0.6) is 0 Å². The van der Waals surface area contributed by atoms with Gasteiger partial charge in [-0.1, -0.05) is 29.8 Å². The lowest BCUT2D eigenvalue weighted by atomic mass is 10.2. The number of para-hydroxylation sites is 1. The molecular formula is C15H22ClN3O. The van der Waals surface area contributed by atoms with Crippen molar-refractivity contribution in [2.24, 2.45) is 0 Å². The zero-order valence-corrected chi connectivity index (χ0v) is 12.8. The van der Waals surface area contributed by atoms with Gasteiger partial charge >= 0.3 is 0 Å². The van der Waals surface area contributed by atoms with Crippen LogP contribution in [-0.4, -0.2) is 50.3 Å². The lowest BCUT2D eigenvalue weighted by molar-refractivity contribution is 0.161. The summed E-state index contributed by atoms with van der Waals surface area (Å²) in [6.07, 6.45) is 0. The van der Waals surface area contributed by atoms with Gasteiger partial charge in [-0.3, -0.25) is 0 Å². The van der Waals surface area contributed by atoms with Crippen LogP contribution in [0.2, 0.25) is 5.02 Å². The van der Waals surface area contributed by atoms with Gasteiger partial charge in [0, 0.05) is 49.9 Å². The molecule has 5 heteroatoms. The highest BCUT2D eigenvalue weighted by Gasteiger charge is 2.08. The van der Waals surface area contributed by atoms with Crippen molar-refractivity contribution in [1.82, 2.24) is 15.2 Å². The number of benzene rings is 1. The van der Waals surface area contributed by atoms with E-state index in [0.717, 1.165) is 54.4 Å². The summed E-state index contributed by atoms with van der Waals surface area (Å²) in [6, 6.07) is 8.10. The molecule has 110 valence electrons. The number of ether oxygens (including phenoxy) is 1. The summed E-state index contributed by atoms with van der Waals surface area (Å²) in [5.74, 6) is 0. The molecule has 2 N–H and O–H groups in total. The van der Waals surface area contributed by atoms with E-state index in [2.05, 4.69) is 22.2 Å². The van der Waals surface area contributed by atoms with Gasteiger partial charge in [-0.15, -0.1) is 0 Å². The number of likely N-dealkylation sites (N-methyl/N-ethyl adjacent to an activating group) is 1. The molecule has 0 spiro atoms. The van der Waals surface area contributed by atoms with Crippen molar-refractivity contribution in [3.05, 3.63) is 35.0 Å². The quantitative estimate of drug-likeness (QED) is 0.735. The van der Waals surface area contributed by atoms with Gasteiger partial charge in [0.25, 0.3) is 0 Å². The van der Waals surface area contributed by atoms with E-state index in [1.165, 1.54) is 0 Å². The lowest BCUT2D eigenvalue weighted by Gasteiger charge is -2.16. The zero-order valence-electron chi connectivity index (χ0n) is 12.1. The fourth-order valence-corrected chi connectivity index (χ4v) is 2.41. The first-order chi connectivity index (χ1) is 9.72. The van der Waals surface area contributed by atoms with Crippen molar-refractivity contribution in [3.63, 3.8) is 0 Å². The SMILES string of the molecule is COCCN(C)CCNCc1[nH]c2ccccc2c1Cl. The van der Waals surface area contributed by atoms with Gasteiger partial charge in [-0.05, 0) is 13.1 Å². The summed E-state index contributed by atoms with van der Waals surface area (Å²) >= 11 is 6.37. The molecule has 0 bridgehead atoms. The van der Waals surface area contributed by atoms with Crippen molar-refractivity contribution in [2.75, 3.05) is 40.4 Å². The summed E-state index contributed by atoms with van der Waals surface area (Å²) in [4.78, 5) is 5.60. The molecule has 0 saturated heterocycles. The van der Waals surface area contributed by atoms with Crippen LogP contribution in [0.4, 0.5) is 0 Å². The van der Waals surface area contributed by atoms with Gasteiger partial charge in [0.15, 0.2) is 0 Å². The molecule has 1 aromatic heterocycles. The molecule has 0 atom stereocenters. The Balaban J connectivity index is 1.80. The Labute approximate surface area is 125 Å². The number of nitrogens with zero attached hydrogens (tertiary/aromatic N) is 1. The van der Waals surface area contributed by atoms with Gasteiger partial charge in [-0.2, -0.15) is 0 Å². The van der Waals surface area contributed by atoms with Crippen LogP contribution in [0, 0.1) is 0 Å². The van der Waals surface area contributed by atoms with E-state index in [1.54, 1.807) is 7.11 Å². The molecule has 20 heavy (non-hydrogen) atoms. The van der Waals surface area contributed by atoms with E-state index in [-0.39, 0.29) is 0 Å². The number of hydrogen-bond donors (Lipinski definition) is 2. The number of aromatic amines is 1. The number of hydrogen-bond acceptors (Lipinski definition) is 3. The van der Waals surface area contributed by atoms with E-state index < -0.39 is 0 Å². The second-order valence-electron chi connectivity index (χ2n) is 4.94. The zero-order chi connectivity index (χ0) is 14.4. The van der Waals surface area contributed by atoms with Crippen LogP contribution in [0.1, 0.15) is 5.69 Å². The smallest absolute Gasteiger partial charge is 0.0705 e. The summed E-state index contributed by atoms with van der Waals surface area (Å²) in [5.41, 5.74) is 2.14. The number of fused-ring (bicyclic) bond motifs is 1. The molecule has 1 aromatic carbocycles. The maximum atomic E-state index is 6.37. The average Bonchev–Trinajstić information content (AvgIpc) is 2.78. The third kappa shape index (κ3) is 3.96. The molecule has 0 aliphatic heterocycles. The Morgan fingerprint density at radius 2 is 2.10 bits per heavy atom. The van der Waals surface area contributed by atoms with Gasteiger partial charge in [0.05, 0.1) is 11.6 Å². The maximum Gasteiger partial charge on any atom is 0.0705 e. The molecule has 0 fully saturated rings. The van der Waals surface area contributed by atoms with Crippen LogP contribution < -0.4 is 5.32 Å². The minimum absolute atomic E-state index is 0.756. The van der Waals surface area contributed by atoms with E-state index >= 15 is 0 Å². The third-order valence-corrected chi connectivity index (χ3v) is 3.79. The van der Waals surface area contributed by atoms with Crippen molar-refractivity contribution in [3.8, 4) is 0 Å². The second kappa shape index (κ2) is 7.64. The first-order valence-electron chi connectivity index (χ1n) is 6.85. The Kier molecular flexibility index (Phi) is 5.86. The van der Waals surface area contributed by atoms with Crippen LogP contribution >= 0.6 is 11.6 Å². The van der Waals surface area contributed by atoms with Crippen LogP contribution in [0.3, 0.4) is 0 Å². The van der Waals surface area contributed by atoms with Gasteiger partial charge in [0.1, 0.15) is 0 Å². The number of nitrogens with one attached hydrogen (secondary N) is 2. The molecule has 1 heterocycles. The first-order valence-corrected chi connectivity index (χ1v) is 7.23. The predicted octanol–water partition coefficient (Wildman–Crippen LogP) is 2.49. The largest absolute Gasteiger partial charge is 0.383 e. The lowest BCUT2D eigenvalue weighted by Crippen LogP contribution is -2.31. The number of aromatic nitrogens is 1. The number of halogens is 1. The molecule has 0 unspecified atom stereocenters. The monoisotopic (exact) mass is 295 g/mol. The fourth-order valence-electron chi connectivity index (χ4n) is 2.13. The molecular weight excluding hydrogens is 274 g/mol. The summed E-state index contributed by atoms with van der Waals surface area (Å²) in [7, 11) is 3.82. The van der Waals surface area contributed by atoms with Crippen molar-refractivity contribution >= 4 is 22.5 Å². The number of rotatable bonds is 8. The summed E-state index contributed by atoms with van der Waals surface area (Å²) in [5, 5.41) is 5.32. The standard InChI is InChI=1S/C15H22ClN3O/c1-19(9-10-20-2)8-7-17-11-14-15(16)12-5-3-4-6-13(12)18-14/h3-6,17-18H,7-11H2,1-2H3. The van der Waals surface area contributed by atoms with Crippen molar-refractivity contribution in [2.45, 2.75) is 6.54 Å². The second-order valence-corrected chi connectivity index (χ2v) is 5.31. The molecule has 0 saturated carbocycles. The summed E-state index contributed by atoms with van der Waals surface area (Å²) in [6.45, 7) is 4.38. The number of methoxy groups -OCH3 is 1. The molecule has 4 nitrogen and oxygen atoms in total. The average molecular weight is 296 g/mol. The molecule has 0 amide bonds. The van der Waals surface area contributed by atoms with Crippen LogP contribution in [0.15, 0.2) is 24.3 Å². The van der Waals surface area contributed by atoms with E-state index in [9.17, 15) is 0 Å². The molecule has 0 aliphatic carbocycles. The van der Waals surface area contributed by atoms with Crippen LogP contribution in [0.25, 0.3) is 10.9 Å².